The molecule has 48 heavy (non-hydrogen) atoms. The lowest BCUT2D eigenvalue weighted by Gasteiger charge is -2.42. The van der Waals surface area contributed by atoms with Gasteiger partial charge in [0.1, 0.15) is 0 Å². The molecule has 3 heterocycles. The second-order valence-corrected chi connectivity index (χ2v) is 12.4. The summed E-state index contributed by atoms with van der Waals surface area (Å²) in [6.07, 6.45) is 4.88. The number of methoxy groups -OCH3 is 6. The number of benzene rings is 2. The van der Waals surface area contributed by atoms with E-state index in [1.165, 1.54) is 11.1 Å². The first-order valence-electron chi connectivity index (χ1n) is 16.3. The van der Waals surface area contributed by atoms with Crippen molar-refractivity contribution >= 4 is 0 Å². The van der Waals surface area contributed by atoms with Crippen LogP contribution in [0.15, 0.2) is 60.9 Å². The molecule has 4 aromatic rings. The van der Waals surface area contributed by atoms with Crippen molar-refractivity contribution in [3.8, 4) is 57.0 Å². The summed E-state index contributed by atoms with van der Waals surface area (Å²) in [4.78, 5) is 14.5. The average molecular weight is 657 g/mol. The number of hydrogen-bond acceptors (Lipinski definition) is 10. The molecule has 0 saturated carbocycles. The molecule has 1 atom stereocenters. The maximum absolute atomic E-state index is 5.59. The van der Waals surface area contributed by atoms with Gasteiger partial charge in [-0.1, -0.05) is 13.8 Å². The van der Waals surface area contributed by atoms with Crippen molar-refractivity contribution in [3.63, 3.8) is 0 Å². The van der Waals surface area contributed by atoms with Gasteiger partial charge in [0.25, 0.3) is 0 Å². The van der Waals surface area contributed by atoms with Gasteiger partial charge in [-0.05, 0) is 72.0 Å². The Morgan fingerprint density at radius 3 is 1.50 bits per heavy atom. The number of pyridine rings is 2. The highest BCUT2D eigenvalue weighted by molar-refractivity contribution is 5.70. The molecule has 10 nitrogen and oxygen atoms in total. The molecule has 0 spiro atoms. The van der Waals surface area contributed by atoms with Crippen molar-refractivity contribution in [2.45, 2.75) is 39.4 Å². The summed E-state index contributed by atoms with van der Waals surface area (Å²) < 4.78 is 33.4. The van der Waals surface area contributed by atoms with Crippen LogP contribution in [0.2, 0.25) is 0 Å². The number of aromatic nitrogens is 2. The molecule has 1 saturated heterocycles. The molecule has 2 aromatic carbocycles. The van der Waals surface area contributed by atoms with Crippen LogP contribution in [-0.4, -0.2) is 88.1 Å². The lowest BCUT2D eigenvalue weighted by Crippen LogP contribution is -2.52. The van der Waals surface area contributed by atoms with Gasteiger partial charge in [-0.15, -0.1) is 0 Å². The Bertz CT molecular complexity index is 1630. The summed E-state index contributed by atoms with van der Waals surface area (Å²) in [5.41, 5.74) is 6.00. The maximum Gasteiger partial charge on any atom is 0.203 e. The molecule has 0 amide bonds. The molecule has 0 unspecified atom stereocenters. The molecule has 1 fully saturated rings. The Balaban J connectivity index is 1.31. The van der Waals surface area contributed by atoms with Crippen molar-refractivity contribution in [1.29, 1.82) is 0 Å². The molecule has 0 bridgehead atoms. The Kier molecular flexibility index (Phi) is 11.6. The van der Waals surface area contributed by atoms with Gasteiger partial charge in [-0.25, -0.2) is 0 Å². The van der Waals surface area contributed by atoms with Crippen LogP contribution in [0.3, 0.4) is 0 Å². The van der Waals surface area contributed by atoms with Gasteiger partial charge in [-0.3, -0.25) is 19.8 Å². The standard InChI is InChI=1S/C38H48N4O6/c1-25(2)15-30-24-41(22-26-9-11-39-31(16-26)28-18-33(43-3)37(47-7)34(19-28)44-4)13-14-42(30)23-27-10-12-40-32(17-27)29-20-35(45-5)38(48-8)36(21-29)46-6/h9-12,16-21,25,30H,13-15,22-24H2,1-8H3/t30-/m0/s1. The van der Waals surface area contributed by atoms with E-state index in [-0.39, 0.29) is 0 Å². The normalized spacial score (nSPS) is 15.3. The minimum absolute atomic E-state index is 0.424. The van der Waals surface area contributed by atoms with Crippen LogP contribution in [0.5, 0.6) is 34.5 Å². The second kappa shape index (κ2) is 16.0. The van der Waals surface area contributed by atoms with E-state index >= 15 is 0 Å². The summed E-state index contributed by atoms with van der Waals surface area (Å²) >= 11 is 0. The van der Waals surface area contributed by atoms with E-state index in [1.54, 1.807) is 42.7 Å². The SMILES string of the molecule is COc1cc(-c2cc(CN3CCN(Cc4ccnc(-c5cc(OC)c(OC)c(OC)c5)c4)[C@@H](CC(C)C)C3)ccn2)cc(OC)c1OC. The highest BCUT2D eigenvalue weighted by atomic mass is 16.5. The summed E-state index contributed by atoms with van der Waals surface area (Å²) in [5, 5.41) is 0. The van der Waals surface area contributed by atoms with E-state index in [0.29, 0.717) is 46.5 Å². The lowest BCUT2D eigenvalue weighted by molar-refractivity contribution is 0.0531. The molecule has 256 valence electrons. The van der Waals surface area contributed by atoms with Gasteiger partial charge in [0.05, 0.1) is 54.0 Å². The molecule has 0 aliphatic carbocycles. The number of nitrogens with zero attached hydrogens (tertiary/aromatic N) is 4. The number of piperazine rings is 1. The first kappa shape index (κ1) is 34.8. The topological polar surface area (TPSA) is 87.6 Å². The molecule has 2 aromatic heterocycles. The van der Waals surface area contributed by atoms with Crippen LogP contribution in [0.4, 0.5) is 0 Å². The quantitative estimate of drug-likeness (QED) is 0.148. The molecular weight excluding hydrogens is 608 g/mol. The third-order valence-electron chi connectivity index (χ3n) is 8.79. The zero-order chi connectivity index (χ0) is 34.2. The Morgan fingerprint density at radius 1 is 0.625 bits per heavy atom. The zero-order valence-electron chi connectivity index (χ0n) is 29.4. The monoisotopic (exact) mass is 656 g/mol. The van der Waals surface area contributed by atoms with Crippen LogP contribution in [0.1, 0.15) is 31.4 Å². The van der Waals surface area contributed by atoms with Gasteiger partial charge in [-0.2, -0.15) is 0 Å². The van der Waals surface area contributed by atoms with Crippen molar-refractivity contribution in [3.05, 3.63) is 72.1 Å². The van der Waals surface area contributed by atoms with Crippen molar-refractivity contribution in [2.75, 3.05) is 62.3 Å². The van der Waals surface area contributed by atoms with E-state index in [4.69, 9.17) is 28.4 Å². The molecule has 1 aliphatic heterocycles. The van der Waals surface area contributed by atoms with Gasteiger partial charge in [0.2, 0.25) is 11.5 Å². The van der Waals surface area contributed by atoms with Crippen LogP contribution in [-0.2, 0) is 13.1 Å². The van der Waals surface area contributed by atoms with Crippen LogP contribution in [0, 0.1) is 5.92 Å². The van der Waals surface area contributed by atoms with Crippen LogP contribution in [0.25, 0.3) is 22.5 Å². The Morgan fingerprint density at radius 2 is 1.08 bits per heavy atom. The first-order valence-corrected chi connectivity index (χ1v) is 16.3. The third kappa shape index (κ3) is 7.94. The molecule has 10 heteroatoms. The van der Waals surface area contributed by atoms with Gasteiger partial charge in [0.15, 0.2) is 23.0 Å². The molecule has 1 aliphatic rings. The average Bonchev–Trinajstić information content (AvgIpc) is 3.11. The van der Waals surface area contributed by atoms with Crippen molar-refractivity contribution in [2.24, 2.45) is 5.92 Å². The van der Waals surface area contributed by atoms with Gasteiger partial charge in [0, 0.05) is 62.3 Å². The number of hydrogen-bond donors (Lipinski definition) is 0. The van der Waals surface area contributed by atoms with E-state index < -0.39 is 0 Å². The van der Waals surface area contributed by atoms with Crippen LogP contribution < -0.4 is 28.4 Å². The van der Waals surface area contributed by atoms with Crippen LogP contribution >= 0.6 is 0 Å². The molecule has 5 rings (SSSR count). The summed E-state index contributed by atoms with van der Waals surface area (Å²) in [7, 11) is 9.73. The Hall–Kier alpha value is -4.54. The maximum atomic E-state index is 5.59. The fourth-order valence-electron chi connectivity index (χ4n) is 6.49. The van der Waals surface area contributed by atoms with E-state index in [1.807, 2.05) is 36.7 Å². The molecule has 0 radical (unpaired) electrons. The fourth-order valence-corrected chi connectivity index (χ4v) is 6.49. The third-order valence-corrected chi connectivity index (χ3v) is 8.79. The fraction of sp³-hybridized carbons (Fsp3) is 0.421. The van der Waals surface area contributed by atoms with Gasteiger partial charge < -0.3 is 28.4 Å². The van der Waals surface area contributed by atoms with Crippen molar-refractivity contribution < 1.29 is 28.4 Å². The second-order valence-electron chi connectivity index (χ2n) is 12.4. The zero-order valence-corrected chi connectivity index (χ0v) is 29.4. The smallest absolute Gasteiger partial charge is 0.203 e. The summed E-state index contributed by atoms with van der Waals surface area (Å²) in [5.74, 6) is 4.15. The van der Waals surface area contributed by atoms with E-state index in [0.717, 1.165) is 61.7 Å². The minimum atomic E-state index is 0.424. The predicted molar refractivity (Wildman–Crippen MR) is 188 cm³/mol. The Labute approximate surface area is 284 Å². The minimum Gasteiger partial charge on any atom is -0.493 e. The summed E-state index contributed by atoms with van der Waals surface area (Å²) in [6, 6.07) is 16.7. The van der Waals surface area contributed by atoms with E-state index in [2.05, 4.69) is 57.9 Å². The summed E-state index contributed by atoms with van der Waals surface area (Å²) in [6.45, 7) is 9.25. The van der Waals surface area contributed by atoms with Crippen molar-refractivity contribution in [1.82, 2.24) is 19.8 Å². The number of rotatable bonds is 14. The van der Waals surface area contributed by atoms with E-state index in [9.17, 15) is 0 Å². The molecular formula is C38H48N4O6. The highest BCUT2D eigenvalue weighted by Gasteiger charge is 2.28. The largest absolute Gasteiger partial charge is 0.493 e. The number of ether oxygens (including phenoxy) is 6. The highest BCUT2D eigenvalue weighted by Crippen LogP contribution is 2.42. The first-order chi connectivity index (χ1) is 23.3. The lowest BCUT2D eigenvalue weighted by atomic mass is 9.98. The molecule has 0 N–H and O–H groups in total. The predicted octanol–water partition coefficient (Wildman–Crippen LogP) is 6.59. The van der Waals surface area contributed by atoms with Gasteiger partial charge >= 0.3 is 0 Å².